The predicted octanol–water partition coefficient (Wildman–Crippen LogP) is 0.921. The first kappa shape index (κ1) is 8.37. The van der Waals surface area contributed by atoms with Crippen LogP contribution in [0.15, 0.2) is 0 Å². The molecule has 1 saturated heterocycles. The van der Waals surface area contributed by atoms with Gasteiger partial charge in [0.2, 0.25) is 0 Å². The van der Waals surface area contributed by atoms with E-state index in [-0.39, 0.29) is 6.10 Å². The molecule has 0 amide bonds. The van der Waals surface area contributed by atoms with Crippen LogP contribution in [-0.4, -0.2) is 33.5 Å². The minimum atomic E-state index is -1.13. The first-order valence-corrected chi connectivity index (χ1v) is 4.09. The average molecular weight is 166 g/mol. The number of ether oxygens (including phenoxy) is 1. The minimum absolute atomic E-state index is 0.273. The fraction of sp³-hybridized carbons (Fsp3) is 1.00. The van der Waals surface area contributed by atoms with Crippen molar-refractivity contribution in [2.75, 3.05) is 27.4 Å². The van der Waals surface area contributed by atoms with Gasteiger partial charge in [0.15, 0.2) is 0 Å². The molecule has 1 unspecified atom stereocenters. The maximum atomic E-state index is 5.16. The van der Waals surface area contributed by atoms with Crippen molar-refractivity contribution in [2.45, 2.75) is 6.10 Å². The summed E-state index contributed by atoms with van der Waals surface area (Å²) in [6, 6.07) is 0. The van der Waals surface area contributed by atoms with Gasteiger partial charge < -0.3 is 18.3 Å². The van der Waals surface area contributed by atoms with E-state index in [0.717, 1.165) is 6.61 Å². The quantitative estimate of drug-likeness (QED) is 0.449. The van der Waals surface area contributed by atoms with Gasteiger partial charge in [-0.25, -0.2) is 0 Å². The van der Waals surface area contributed by atoms with Crippen LogP contribution in [0.2, 0.25) is 0 Å². The molecular weight excluding hydrogens is 155 g/mol. The van der Waals surface area contributed by atoms with Gasteiger partial charge in [0.25, 0.3) is 0 Å². The molecule has 10 heavy (non-hydrogen) atoms. The van der Waals surface area contributed by atoms with E-state index in [1.165, 1.54) is 0 Å². The Morgan fingerprint density at radius 2 is 2.10 bits per heavy atom. The standard InChI is InChI=1S/C5H11O4P/c1-6-10(7-2)9-4-5-3-8-5/h5H,3-4H2,1-2H3. The van der Waals surface area contributed by atoms with Crippen LogP contribution >= 0.6 is 8.60 Å². The lowest BCUT2D eigenvalue weighted by Crippen LogP contribution is -1.98. The Morgan fingerprint density at radius 3 is 2.50 bits per heavy atom. The van der Waals surface area contributed by atoms with Crippen LogP contribution in [0.4, 0.5) is 0 Å². The summed E-state index contributed by atoms with van der Waals surface area (Å²) in [4.78, 5) is 0. The second-order valence-corrected chi connectivity index (χ2v) is 3.28. The summed E-state index contributed by atoms with van der Waals surface area (Å²) in [5.74, 6) is 0. The van der Waals surface area contributed by atoms with Crippen molar-refractivity contribution < 1.29 is 18.3 Å². The first-order valence-electron chi connectivity index (χ1n) is 2.99. The lowest BCUT2D eigenvalue weighted by atomic mass is 10.5. The second-order valence-electron chi connectivity index (χ2n) is 1.84. The molecule has 1 heterocycles. The Labute approximate surface area is 61.4 Å². The fourth-order valence-electron chi connectivity index (χ4n) is 0.488. The third-order valence-corrected chi connectivity index (χ3v) is 2.02. The van der Waals surface area contributed by atoms with E-state index < -0.39 is 8.60 Å². The van der Waals surface area contributed by atoms with Gasteiger partial charge >= 0.3 is 8.60 Å². The maximum absolute atomic E-state index is 5.16. The molecule has 0 saturated carbocycles. The lowest BCUT2D eigenvalue weighted by Gasteiger charge is -2.09. The normalized spacial score (nSPS) is 23.7. The molecule has 0 bridgehead atoms. The minimum Gasteiger partial charge on any atom is -0.371 e. The summed E-state index contributed by atoms with van der Waals surface area (Å²) in [5.41, 5.74) is 0. The molecule has 0 spiro atoms. The molecule has 1 atom stereocenters. The maximum Gasteiger partial charge on any atom is 0.332 e. The Bertz CT molecular complexity index is 91.6. The Balaban J connectivity index is 1.97. The van der Waals surface area contributed by atoms with Crippen LogP contribution in [0.5, 0.6) is 0 Å². The monoisotopic (exact) mass is 166 g/mol. The van der Waals surface area contributed by atoms with Gasteiger partial charge in [0.1, 0.15) is 6.10 Å². The molecule has 1 fully saturated rings. The van der Waals surface area contributed by atoms with E-state index in [4.69, 9.17) is 18.3 Å². The zero-order chi connectivity index (χ0) is 7.40. The Kier molecular flexibility index (Phi) is 3.52. The van der Waals surface area contributed by atoms with Gasteiger partial charge in [0.05, 0.1) is 13.2 Å². The van der Waals surface area contributed by atoms with Crippen LogP contribution in [-0.2, 0) is 18.3 Å². The number of rotatable bonds is 5. The van der Waals surface area contributed by atoms with E-state index in [0.29, 0.717) is 6.61 Å². The zero-order valence-corrected chi connectivity index (χ0v) is 6.97. The van der Waals surface area contributed by atoms with Crippen molar-refractivity contribution in [2.24, 2.45) is 0 Å². The largest absolute Gasteiger partial charge is 0.371 e. The van der Waals surface area contributed by atoms with Gasteiger partial charge in [0, 0.05) is 14.2 Å². The summed E-state index contributed by atoms with van der Waals surface area (Å²) in [7, 11) is 1.99. The molecule has 0 aromatic rings. The highest BCUT2D eigenvalue weighted by atomic mass is 31.2. The highest BCUT2D eigenvalue weighted by molar-refractivity contribution is 7.41. The van der Waals surface area contributed by atoms with E-state index in [1.54, 1.807) is 14.2 Å². The molecule has 60 valence electrons. The van der Waals surface area contributed by atoms with Crippen LogP contribution in [0, 0.1) is 0 Å². The highest BCUT2D eigenvalue weighted by Crippen LogP contribution is 2.37. The van der Waals surface area contributed by atoms with Crippen LogP contribution in [0.1, 0.15) is 0 Å². The number of hydrogen-bond donors (Lipinski definition) is 0. The summed E-state index contributed by atoms with van der Waals surface area (Å²) < 4.78 is 19.8. The van der Waals surface area contributed by atoms with E-state index in [9.17, 15) is 0 Å². The van der Waals surface area contributed by atoms with Gasteiger partial charge in [-0.05, 0) is 0 Å². The van der Waals surface area contributed by atoms with Crippen molar-refractivity contribution in [3.8, 4) is 0 Å². The van der Waals surface area contributed by atoms with Gasteiger partial charge in [-0.2, -0.15) is 0 Å². The molecule has 0 N–H and O–H groups in total. The van der Waals surface area contributed by atoms with Crippen molar-refractivity contribution in [1.29, 1.82) is 0 Å². The van der Waals surface area contributed by atoms with Crippen molar-refractivity contribution >= 4 is 8.60 Å². The third kappa shape index (κ3) is 2.90. The Hall–Kier alpha value is 0.270. The second kappa shape index (κ2) is 4.21. The van der Waals surface area contributed by atoms with Crippen LogP contribution in [0.3, 0.4) is 0 Å². The van der Waals surface area contributed by atoms with Gasteiger partial charge in [-0.3, -0.25) is 0 Å². The van der Waals surface area contributed by atoms with Gasteiger partial charge in [-0.15, -0.1) is 0 Å². The first-order chi connectivity index (χ1) is 4.86. The molecule has 4 nitrogen and oxygen atoms in total. The van der Waals surface area contributed by atoms with Crippen molar-refractivity contribution in [1.82, 2.24) is 0 Å². The summed E-state index contributed by atoms with van der Waals surface area (Å²) >= 11 is 0. The van der Waals surface area contributed by atoms with E-state index in [2.05, 4.69) is 0 Å². The smallest absolute Gasteiger partial charge is 0.332 e. The molecule has 0 aromatic heterocycles. The predicted molar refractivity (Wildman–Crippen MR) is 36.6 cm³/mol. The fourth-order valence-corrected chi connectivity index (χ4v) is 1.14. The van der Waals surface area contributed by atoms with E-state index >= 15 is 0 Å². The molecule has 1 aliphatic rings. The van der Waals surface area contributed by atoms with Crippen LogP contribution < -0.4 is 0 Å². The molecule has 1 rings (SSSR count). The molecule has 0 radical (unpaired) electrons. The third-order valence-electron chi connectivity index (χ3n) is 1.07. The average Bonchev–Trinajstić information content (AvgIpc) is 2.74. The Morgan fingerprint density at radius 1 is 1.50 bits per heavy atom. The lowest BCUT2D eigenvalue weighted by molar-refractivity contribution is 0.189. The summed E-state index contributed by atoms with van der Waals surface area (Å²) in [6.07, 6.45) is 0.273. The van der Waals surface area contributed by atoms with Crippen LogP contribution in [0.25, 0.3) is 0 Å². The molecule has 5 heteroatoms. The van der Waals surface area contributed by atoms with Crippen molar-refractivity contribution in [3.63, 3.8) is 0 Å². The van der Waals surface area contributed by atoms with Crippen molar-refractivity contribution in [3.05, 3.63) is 0 Å². The van der Waals surface area contributed by atoms with E-state index in [1.807, 2.05) is 0 Å². The number of hydrogen-bond acceptors (Lipinski definition) is 4. The molecule has 1 aliphatic heterocycles. The SMILES string of the molecule is COP(OC)OCC1CO1. The zero-order valence-electron chi connectivity index (χ0n) is 6.07. The summed E-state index contributed by atoms with van der Waals surface area (Å²) in [5, 5.41) is 0. The topological polar surface area (TPSA) is 40.2 Å². The summed E-state index contributed by atoms with van der Waals surface area (Å²) in [6.45, 7) is 1.38. The molecule has 0 aliphatic carbocycles. The van der Waals surface area contributed by atoms with Gasteiger partial charge in [-0.1, -0.05) is 0 Å². The molecule has 0 aromatic carbocycles. The molecular formula is C5H11O4P. The highest BCUT2D eigenvalue weighted by Gasteiger charge is 2.24. The number of epoxide rings is 1.